The zero-order chi connectivity index (χ0) is 13.4. The average Bonchev–Trinajstić information content (AvgIpc) is 2.66. The second kappa shape index (κ2) is 4.51. The van der Waals surface area contributed by atoms with Crippen LogP contribution in [0.2, 0.25) is 0 Å². The van der Waals surface area contributed by atoms with Crippen LogP contribution >= 0.6 is 0 Å². The van der Waals surface area contributed by atoms with Crippen molar-refractivity contribution in [2.45, 2.75) is 40.7 Å². The molecule has 0 aromatic rings. The number of amides is 1. The number of rotatable bonds is 4. The molecule has 17 heavy (non-hydrogen) atoms. The molecule has 0 aromatic heterocycles. The van der Waals surface area contributed by atoms with Gasteiger partial charge in [-0.15, -0.1) is 0 Å². The molecule has 0 aromatic carbocycles. The summed E-state index contributed by atoms with van der Waals surface area (Å²) in [7, 11) is 0. The van der Waals surface area contributed by atoms with E-state index < -0.39 is 12.0 Å². The molecule has 4 nitrogen and oxygen atoms in total. The van der Waals surface area contributed by atoms with Gasteiger partial charge in [-0.05, 0) is 32.1 Å². The van der Waals surface area contributed by atoms with Gasteiger partial charge in [0.2, 0.25) is 0 Å². The van der Waals surface area contributed by atoms with Gasteiger partial charge in [0.25, 0.3) is 5.91 Å². The zero-order valence-corrected chi connectivity index (χ0v) is 11.1. The van der Waals surface area contributed by atoms with Crippen LogP contribution in [-0.4, -0.2) is 18.0 Å². The van der Waals surface area contributed by atoms with Gasteiger partial charge in [-0.2, -0.15) is 0 Å². The monoisotopic (exact) mass is 239 g/mol. The lowest BCUT2D eigenvalue weighted by Crippen LogP contribution is -2.31. The largest absolute Gasteiger partial charge is 0.452 e. The number of allylic oxidation sites excluding steroid dienone is 2. The van der Waals surface area contributed by atoms with Crippen LogP contribution in [0.25, 0.3) is 0 Å². The molecule has 1 fully saturated rings. The molecular formula is C13H21NO3. The summed E-state index contributed by atoms with van der Waals surface area (Å²) in [6, 6.07) is 0. The molecule has 3 atom stereocenters. The minimum Gasteiger partial charge on any atom is -0.452 e. The fourth-order valence-electron chi connectivity index (χ4n) is 2.10. The molecule has 1 rings (SSSR count). The Balaban J connectivity index is 2.67. The number of primary amides is 1. The maximum absolute atomic E-state index is 11.9. The van der Waals surface area contributed by atoms with E-state index in [4.69, 9.17) is 10.5 Å². The average molecular weight is 239 g/mol. The molecule has 96 valence electrons. The quantitative estimate of drug-likeness (QED) is 0.599. The Bertz CT molecular complexity index is 367. The lowest BCUT2D eigenvalue weighted by Gasteiger charge is -2.09. The van der Waals surface area contributed by atoms with Gasteiger partial charge < -0.3 is 10.5 Å². The van der Waals surface area contributed by atoms with Gasteiger partial charge in [-0.3, -0.25) is 9.59 Å². The fraction of sp³-hybridized carbons (Fsp3) is 0.692. The van der Waals surface area contributed by atoms with Crippen LogP contribution in [0.15, 0.2) is 11.6 Å². The molecule has 0 saturated heterocycles. The summed E-state index contributed by atoms with van der Waals surface area (Å²) in [6.45, 7) is 9.55. The molecule has 1 aliphatic rings. The molecule has 1 amide bonds. The number of esters is 1. The highest BCUT2D eigenvalue weighted by molar-refractivity contribution is 5.84. The van der Waals surface area contributed by atoms with Crippen molar-refractivity contribution in [1.29, 1.82) is 0 Å². The van der Waals surface area contributed by atoms with E-state index in [-0.39, 0.29) is 23.2 Å². The van der Waals surface area contributed by atoms with E-state index >= 15 is 0 Å². The molecule has 1 saturated carbocycles. The Morgan fingerprint density at radius 2 is 1.88 bits per heavy atom. The minimum atomic E-state index is -0.855. The van der Waals surface area contributed by atoms with E-state index in [9.17, 15) is 9.59 Å². The van der Waals surface area contributed by atoms with Crippen LogP contribution in [-0.2, 0) is 14.3 Å². The molecule has 0 aliphatic heterocycles. The third-order valence-corrected chi connectivity index (χ3v) is 3.37. The Kier molecular flexibility index (Phi) is 3.65. The van der Waals surface area contributed by atoms with Crippen LogP contribution < -0.4 is 5.73 Å². The van der Waals surface area contributed by atoms with E-state index in [0.29, 0.717) is 0 Å². The van der Waals surface area contributed by atoms with Crippen LogP contribution in [0.4, 0.5) is 0 Å². The molecule has 1 aliphatic carbocycles. The highest BCUT2D eigenvalue weighted by Gasteiger charge is 2.61. The van der Waals surface area contributed by atoms with Crippen LogP contribution in [0.5, 0.6) is 0 Å². The number of ether oxygens (including phenoxy) is 1. The third kappa shape index (κ3) is 2.87. The second-order valence-corrected chi connectivity index (χ2v) is 5.55. The van der Waals surface area contributed by atoms with Crippen LogP contribution in [0.3, 0.4) is 0 Å². The van der Waals surface area contributed by atoms with Gasteiger partial charge in [-0.1, -0.05) is 25.5 Å². The first-order chi connectivity index (χ1) is 7.67. The maximum atomic E-state index is 11.9. The predicted molar refractivity (Wildman–Crippen MR) is 64.9 cm³/mol. The van der Waals surface area contributed by atoms with Crippen molar-refractivity contribution >= 4 is 11.9 Å². The van der Waals surface area contributed by atoms with Gasteiger partial charge in [0.15, 0.2) is 6.10 Å². The summed E-state index contributed by atoms with van der Waals surface area (Å²) in [4.78, 5) is 22.7. The summed E-state index contributed by atoms with van der Waals surface area (Å²) in [5.41, 5.74) is 6.15. The van der Waals surface area contributed by atoms with Crippen molar-refractivity contribution in [3.63, 3.8) is 0 Å². The van der Waals surface area contributed by atoms with Gasteiger partial charge in [0.1, 0.15) is 0 Å². The molecule has 4 heteroatoms. The Hall–Kier alpha value is -1.32. The van der Waals surface area contributed by atoms with Crippen molar-refractivity contribution in [3.8, 4) is 0 Å². The van der Waals surface area contributed by atoms with Crippen molar-refractivity contribution in [2.24, 2.45) is 23.0 Å². The molecule has 0 unspecified atom stereocenters. The summed E-state index contributed by atoms with van der Waals surface area (Å²) < 4.78 is 5.04. The smallest absolute Gasteiger partial charge is 0.310 e. The molecule has 0 spiro atoms. The molecule has 2 N–H and O–H groups in total. The molecule has 0 radical (unpaired) electrons. The van der Waals surface area contributed by atoms with Gasteiger partial charge in [0.05, 0.1) is 5.92 Å². The van der Waals surface area contributed by atoms with Crippen molar-refractivity contribution in [3.05, 3.63) is 11.6 Å². The van der Waals surface area contributed by atoms with Crippen molar-refractivity contribution < 1.29 is 14.3 Å². The topological polar surface area (TPSA) is 69.4 Å². The zero-order valence-electron chi connectivity index (χ0n) is 11.1. The standard InChI is InChI=1S/C13H21NO3/c1-7(2)6-9-10(13(9,4)5)12(16)17-8(3)11(14)15/h6,8-10H,1-5H3,(H2,14,15)/t8-,9+,10-/m0/s1. The Labute approximate surface area is 102 Å². The summed E-state index contributed by atoms with van der Waals surface area (Å²) in [5.74, 6) is -0.918. The highest BCUT2D eigenvalue weighted by atomic mass is 16.5. The second-order valence-electron chi connectivity index (χ2n) is 5.55. The first-order valence-corrected chi connectivity index (χ1v) is 5.82. The van der Waals surface area contributed by atoms with Gasteiger partial charge >= 0.3 is 5.97 Å². The van der Waals surface area contributed by atoms with E-state index in [1.807, 2.05) is 27.7 Å². The maximum Gasteiger partial charge on any atom is 0.310 e. The van der Waals surface area contributed by atoms with Crippen LogP contribution in [0.1, 0.15) is 34.6 Å². The van der Waals surface area contributed by atoms with Gasteiger partial charge in [0, 0.05) is 0 Å². The summed E-state index contributed by atoms with van der Waals surface area (Å²) in [5, 5.41) is 0. The predicted octanol–water partition coefficient (Wildman–Crippen LogP) is 1.64. The SMILES string of the molecule is CC(C)=C[C@@H]1[C@@H](C(=O)O[C@@H](C)C(N)=O)C1(C)C. The lowest BCUT2D eigenvalue weighted by molar-refractivity contribution is -0.155. The fourth-order valence-corrected chi connectivity index (χ4v) is 2.10. The minimum absolute atomic E-state index is 0.0915. The highest BCUT2D eigenvalue weighted by Crippen LogP contribution is 2.59. The molecule has 0 bridgehead atoms. The van der Waals surface area contributed by atoms with E-state index in [0.717, 1.165) is 0 Å². The van der Waals surface area contributed by atoms with E-state index in [1.54, 1.807) is 0 Å². The number of hydrogen-bond donors (Lipinski definition) is 1. The van der Waals surface area contributed by atoms with Gasteiger partial charge in [-0.25, -0.2) is 0 Å². The molecular weight excluding hydrogens is 218 g/mol. The number of carbonyl (C=O) groups excluding carboxylic acids is 2. The van der Waals surface area contributed by atoms with Crippen molar-refractivity contribution in [2.75, 3.05) is 0 Å². The first-order valence-electron chi connectivity index (χ1n) is 5.82. The lowest BCUT2D eigenvalue weighted by atomic mass is 10.1. The van der Waals surface area contributed by atoms with E-state index in [1.165, 1.54) is 12.5 Å². The van der Waals surface area contributed by atoms with Crippen LogP contribution in [0, 0.1) is 17.3 Å². The molecule has 0 heterocycles. The third-order valence-electron chi connectivity index (χ3n) is 3.37. The Morgan fingerprint density at radius 1 is 1.35 bits per heavy atom. The number of nitrogens with two attached hydrogens (primary N) is 1. The van der Waals surface area contributed by atoms with E-state index in [2.05, 4.69) is 6.08 Å². The Morgan fingerprint density at radius 3 is 2.29 bits per heavy atom. The first kappa shape index (κ1) is 13.7. The normalized spacial score (nSPS) is 26.9. The summed E-state index contributed by atoms with van der Waals surface area (Å²) in [6.07, 6.45) is 1.23. The number of carbonyl (C=O) groups is 2. The number of hydrogen-bond acceptors (Lipinski definition) is 3. The summed E-state index contributed by atoms with van der Waals surface area (Å²) >= 11 is 0. The van der Waals surface area contributed by atoms with Crippen molar-refractivity contribution in [1.82, 2.24) is 0 Å².